The first kappa shape index (κ1) is 6.93. The number of fused-ring (bicyclic) bond motifs is 1. The summed E-state index contributed by atoms with van der Waals surface area (Å²) in [7, 11) is 0. The average molecular weight is 164 g/mol. The van der Waals surface area contributed by atoms with Gasteiger partial charge in [-0.1, -0.05) is 30.3 Å². The first-order valence-corrected chi connectivity index (χ1v) is 4.19. The van der Waals surface area contributed by atoms with Crippen LogP contribution in [0.25, 0.3) is 6.08 Å². The molecule has 1 radical (unpaired) electrons. The maximum absolute atomic E-state index is 5.75. The molecule has 0 bridgehead atoms. The third-order valence-corrected chi connectivity index (χ3v) is 2.27. The summed E-state index contributed by atoms with van der Waals surface area (Å²) in [6, 6.07) is 8.28. The molecular formula is C10H8Cl. The molecule has 0 saturated heterocycles. The van der Waals surface area contributed by atoms with Crippen molar-refractivity contribution in [3.05, 3.63) is 41.5 Å². The van der Waals surface area contributed by atoms with E-state index in [1.165, 1.54) is 11.1 Å². The van der Waals surface area contributed by atoms with E-state index in [1.54, 1.807) is 0 Å². The Morgan fingerprint density at radius 3 is 3.00 bits per heavy atom. The molecule has 0 amide bonds. The van der Waals surface area contributed by atoms with E-state index in [1.807, 2.05) is 18.2 Å². The van der Waals surface area contributed by atoms with Gasteiger partial charge in [0.15, 0.2) is 0 Å². The zero-order valence-corrected chi connectivity index (χ0v) is 6.81. The predicted octanol–water partition coefficient (Wildman–Crippen LogP) is 2.84. The van der Waals surface area contributed by atoms with Crippen molar-refractivity contribution in [1.82, 2.24) is 0 Å². The standard InChI is InChI=1S/C10H8Cl/c11-7-9-6-5-8-3-1-2-4-10(8)9/h1-5,9H,7H2. The Labute approximate surface area is 71.5 Å². The molecule has 0 N–H and O–H groups in total. The highest BCUT2D eigenvalue weighted by Crippen LogP contribution is 2.29. The van der Waals surface area contributed by atoms with Gasteiger partial charge < -0.3 is 0 Å². The van der Waals surface area contributed by atoms with Crippen LogP contribution < -0.4 is 0 Å². The second-order valence-electron chi connectivity index (χ2n) is 2.65. The number of halogens is 1. The second kappa shape index (κ2) is 2.71. The number of benzene rings is 1. The van der Waals surface area contributed by atoms with E-state index >= 15 is 0 Å². The molecule has 0 aliphatic heterocycles. The summed E-state index contributed by atoms with van der Waals surface area (Å²) in [5.74, 6) is 0.945. The van der Waals surface area contributed by atoms with Crippen molar-refractivity contribution >= 4 is 17.7 Å². The van der Waals surface area contributed by atoms with E-state index in [4.69, 9.17) is 11.6 Å². The smallest absolute Gasteiger partial charge is 0.0333 e. The topological polar surface area (TPSA) is 0 Å². The van der Waals surface area contributed by atoms with E-state index in [0.717, 1.165) is 0 Å². The van der Waals surface area contributed by atoms with Gasteiger partial charge in [0.1, 0.15) is 0 Å². The molecule has 0 nitrogen and oxygen atoms in total. The molecule has 1 heteroatoms. The minimum Gasteiger partial charge on any atom is -0.126 e. The van der Waals surface area contributed by atoms with Crippen molar-refractivity contribution in [2.45, 2.75) is 5.92 Å². The Kier molecular flexibility index (Phi) is 1.71. The lowest BCUT2D eigenvalue weighted by Crippen LogP contribution is -1.93. The molecule has 0 heterocycles. The SMILES string of the molecule is ClCC1[C]=Cc2ccccc21. The molecule has 0 aromatic heterocycles. The third-order valence-electron chi connectivity index (χ3n) is 1.97. The first-order valence-electron chi connectivity index (χ1n) is 3.66. The van der Waals surface area contributed by atoms with Gasteiger partial charge in [-0.2, -0.15) is 0 Å². The summed E-state index contributed by atoms with van der Waals surface area (Å²) in [5, 5.41) is 0. The van der Waals surface area contributed by atoms with E-state index < -0.39 is 0 Å². The van der Waals surface area contributed by atoms with Gasteiger partial charge in [-0.05, 0) is 17.2 Å². The van der Waals surface area contributed by atoms with E-state index in [9.17, 15) is 0 Å². The fourth-order valence-electron chi connectivity index (χ4n) is 1.37. The molecule has 0 spiro atoms. The van der Waals surface area contributed by atoms with Gasteiger partial charge in [0.25, 0.3) is 0 Å². The molecule has 1 unspecified atom stereocenters. The highest BCUT2D eigenvalue weighted by atomic mass is 35.5. The molecule has 1 aliphatic carbocycles. The number of allylic oxidation sites excluding steroid dienone is 1. The average Bonchev–Trinajstić information content (AvgIpc) is 2.47. The molecule has 0 fully saturated rings. The van der Waals surface area contributed by atoms with Crippen molar-refractivity contribution in [3.63, 3.8) is 0 Å². The van der Waals surface area contributed by atoms with Gasteiger partial charge in [-0.15, -0.1) is 11.6 Å². The molecule has 0 saturated carbocycles. The Bertz CT molecular complexity index is 289. The van der Waals surface area contributed by atoms with Crippen LogP contribution >= 0.6 is 11.6 Å². The zero-order chi connectivity index (χ0) is 7.68. The molecule has 2 rings (SSSR count). The number of hydrogen-bond acceptors (Lipinski definition) is 0. The monoisotopic (exact) mass is 163 g/mol. The largest absolute Gasteiger partial charge is 0.126 e. The van der Waals surface area contributed by atoms with Gasteiger partial charge >= 0.3 is 0 Å². The molecule has 1 aliphatic rings. The van der Waals surface area contributed by atoms with E-state index in [0.29, 0.717) is 11.8 Å². The van der Waals surface area contributed by atoms with Gasteiger partial charge in [-0.25, -0.2) is 0 Å². The van der Waals surface area contributed by atoms with Gasteiger partial charge in [0, 0.05) is 11.8 Å². The molecular weight excluding hydrogens is 156 g/mol. The van der Waals surface area contributed by atoms with Crippen LogP contribution in [0.1, 0.15) is 17.0 Å². The molecule has 55 valence electrons. The predicted molar refractivity (Wildman–Crippen MR) is 47.6 cm³/mol. The minimum absolute atomic E-state index is 0.313. The molecule has 1 atom stereocenters. The summed E-state index contributed by atoms with van der Waals surface area (Å²) in [5.41, 5.74) is 2.57. The quantitative estimate of drug-likeness (QED) is 0.559. The molecule has 1 aromatic carbocycles. The fourth-order valence-corrected chi connectivity index (χ4v) is 1.62. The van der Waals surface area contributed by atoms with Crippen LogP contribution in [0, 0.1) is 6.08 Å². The number of alkyl halides is 1. The summed E-state index contributed by atoms with van der Waals surface area (Å²) in [4.78, 5) is 0. The van der Waals surface area contributed by atoms with Crippen molar-refractivity contribution < 1.29 is 0 Å². The number of rotatable bonds is 1. The Balaban J connectivity index is 2.46. The van der Waals surface area contributed by atoms with Crippen LogP contribution in [0.5, 0.6) is 0 Å². The van der Waals surface area contributed by atoms with Crippen LogP contribution in [0.2, 0.25) is 0 Å². The van der Waals surface area contributed by atoms with Crippen molar-refractivity contribution in [2.75, 3.05) is 5.88 Å². The van der Waals surface area contributed by atoms with Crippen LogP contribution in [0.15, 0.2) is 24.3 Å². The third kappa shape index (κ3) is 1.08. The van der Waals surface area contributed by atoms with E-state index in [2.05, 4.69) is 18.2 Å². The van der Waals surface area contributed by atoms with Crippen LogP contribution in [0.3, 0.4) is 0 Å². The Morgan fingerprint density at radius 1 is 1.36 bits per heavy atom. The zero-order valence-electron chi connectivity index (χ0n) is 6.05. The Hall–Kier alpha value is -0.750. The molecule has 1 aromatic rings. The van der Waals surface area contributed by atoms with Crippen molar-refractivity contribution in [3.8, 4) is 0 Å². The number of hydrogen-bond donors (Lipinski definition) is 0. The summed E-state index contributed by atoms with van der Waals surface area (Å²) in [6.45, 7) is 0. The lowest BCUT2D eigenvalue weighted by atomic mass is 10.0. The van der Waals surface area contributed by atoms with Gasteiger partial charge in [0.2, 0.25) is 0 Å². The highest BCUT2D eigenvalue weighted by molar-refractivity contribution is 6.18. The Morgan fingerprint density at radius 2 is 2.18 bits per heavy atom. The van der Waals surface area contributed by atoms with Crippen molar-refractivity contribution in [1.29, 1.82) is 0 Å². The van der Waals surface area contributed by atoms with Crippen LogP contribution in [-0.2, 0) is 0 Å². The van der Waals surface area contributed by atoms with Crippen LogP contribution in [0.4, 0.5) is 0 Å². The summed E-state index contributed by atoms with van der Waals surface area (Å²) >= 11 is 5.75. The summed E-state index contributed by atoms with van der Waals surface area (Å²) in [6.07, 6.45) is 5.23. The van der Waals surface area contributed by atoms with E-state index in [-0.39, 0.29) is 0 Å². The molecule has 11 heavy (non-hydrogen) atoms. The summed E-state index contributed by atoms with van der Waals surface area (Å²) < 4.78 is 0. The lowest BCUT2D eigenvalue weighted by molar-refractivity contribution is 0.975. The second-order valence-corrected chi connectivity index (χ2v) is 2.96. The highest BCUT2D eigenvalue weighted by Gasteiger charge is 2.14. The minimum atomic E-state index is 0.313. The van der Waals surface area contributed by atoms with Crippen molar-refractivity contribution in [2.24, 2.45) is 0 Å². The lowest BCUT2D eigenvalue weighted by Gasteiger charge is -2.04. The normalized spacial score (nSPS) is 20.3. The van der Waals surface area contributed by atoms with Gasteiger partial charge in [0.05, 0.1) is 0 Å². The maximum Gasteiger partial charge on any atom is 0.0333 e. The first-order chi connectivity index (χ1) is 5.42. The maximum atomic E-state index is 5.75. The fraction of sp³-hybridized carbons (Fsp3) is 0.200. The van der Waals surface area contributed by atoms with Crippen LogP contribution in [-0.4, -0.2) is 5.88 Å². The van der Waals surface area contributed by atoms with Gasteiger partial charge in [-0.3, -0.25) is 0 Å².